The first-order valence-electron chi connectivity index (χ1n) is 29.7. The van der Waals surface area contributed by atoms with Gasteiger partial charge < -0.3 is 40.4 Å². The molecule has 4 bridgehead atoms. The van der Waals surface area contributed by atoms with Gasteiger partial charge in [-0.1, -0.05) is 92.1 Å². The summed E-state index contributed by atoms with van der Waals surface area (Å²) in [5, 5.41) is 72.2. The lowest BCUT2D eigenvalue weighted by Crippen LogP contribution is -2.82. The van der Waals surface area contributed by atoms with E-state index in [1.165, 1.54) is 31.2 Å². The molecule has 0 aromatic heterocycles. The number of benzene rings is 2. The summed E-state index contributed by atoms with van der Waals surface area (Å²) in [4.78, 5) is 29.2. The summed E-state index contributed by atoms with van der Waals surface area (Å²) < 4.78 is 6.40. The lowest BCUT2D eigenvalue weighted by atomic mass is 9.33. The van der Waals surface area contributed by atoms with E-state index in [2.05, 4.69) is 59.6 Å². The zero-order valence-corrected chi connectivity index (χ0v) is 43.7. The summed E-state index contributed by atoms with van der Waals surface area (Å²) in [6, 6.07) is 16.7. The Morgan fingerprint density at radius 1 is 0.838 bits per heavy atom. The van der Waals surface area contributed by atoms with Crippen LogP contribution in [-0.2, 0) is 27.4 Å². The molecule has 9 saturated carbocycles. The van der Waals surface area contributed by atoms with Crippen LogP contribution in [0.1, 0.15) is 157 Å². The third-order valence-corrected chi connectivity index (χ3v) is 25.3. The van der Waals surface area contributed by atoms with Crippen molar-refractivity contribution in [2.24, 2.45) is 87.3 Å². The Labute approximate surface area is 438 Å². The molecule has 12 aliphatic carbocycles. The molecule has 1 heterocycles. The highest BCUT2D eigenvalue weighted by molar-refractivity contribution is 5.86. The number of allylic oxidation sites excluding steroid dienone is 2. The number of carbonyl (C=O) groups is 2. The molecule has 2 spiro atoms. The molecule has 9 heteroatoms. The largest absolute Gasteiger partial charge is 0.454 e. The number of hydrogen-bond acceptors (Lipinski definition) is 9. The second-order valence-corrected chi connectivity index (χ2v) is 27.2. The van der Waals surface area contributed by atoms with Crippen molar-refractivity contribution >= 4 is 12.3 Å². The van der Waals surface area contributed by atoms with E-state index in [9.17, 15) is 30.3 Å². The number of carbonyl (C=O) groups excluding carboxylic acids is 2. The number of aliphatic hydroxyl groups is 5. The molecular formula is C65H81NO8. The van der Waals surface area contributed by atoms with Gasteiger partial charge in [-0.25, -0.2) is 4.79 Å². The minimum absolute atomic E-state index is 0.0914. The first kappa shape index (κ1) is 48.7. The van der Waals surface area contributed by atoms with Gasteiger partial charge in [-0.2, -0.15) is 0 Å². The molecular weight excluding hydrogens is 923 g/mol. The van der Waals surface area contributed by atoms with E-state index in [4.69, 9.17) is 4.74 Å². The lowest BCUT2D eigenvalue weighted by Gasteiger charge is -2.74. The number of fused-ring (bicyclic) bond motifs is 9. The molecule has 6 N–H and O–H groups in total. The molecule has 9 nitrogen and oxygen atoms in total. The minimum atomic E-state index is -1.75. The van der Waals surface area contributed by atoms with Crippen LogP contribution in [0.15, 0.2) is 72.3 Å². The molecule has 0 amide bonds. The summed E-state index contributed by atoms with van der Waals surface area (Å²) in [5.74, 6) is 6.91. The van der Waals surface area contributed by atoms with Crippen molar-refractivity contribution in [2.45, 2.75) is 182 Å². The van der Waals surface area contributed by atoms with Gasteiger partial charge in [-0.05, 0) is 197 Å². The van der Waals surface area contributed by atoms with Crippen LogP contribution in [0.25, 0.3) is 0 Å². The maximum absolute atomic E-state index is 15.4. The molecule has 394 valence electrons. The van der Waals surface area contributed by atoms with Crippen LogP contribution in [0.5, 0.6) is 0 Å². The zero-order valence-electron chi connectivity index (χ0n) is 43.7. The zero-order chi connectivity index (χ0) is 50.6. The topological polar surface area (TPSA) is 157 Å². The molecule has 13 aliphatic rings. The quantitative estimate of drug-likeness (QED) is 0.0746. The number of rotatable bonds is 5. The van der Waals surface area contributed by atoms with Crippen LogP contribution >= 0.6 is 0 Å². The number of aliphatic hydroxyl groups excluding tert-OH is 2. The van der Waals surface area contributed by atoms with Gasteiger partial charge in [-0.15, -0.1) is 0 Å². The van der Waals surface area contributed by atoms with Gasteiger partial charge >= 0.3 is 5.97 Å². The Kier molecular flexibility index (Phi) is 11.5. The van der Waals surface area contributed by atoms with Gasteiger partial charge in [-0.3, -0.25) is 0 Å². The van der Waals surface area contributed by atoms with E-state index < -0.39 is 63.0 Å². The highest BCUT2D eigenvalue weighted by atomic mass is 16.5. The Morgan fingerprint density at radius 2 is 1.68 bits per heavy atom. The number of likely N-dealkylation sites (N-methyl/N-ethyl adjacent to an activating group) is 1. The highest BCUT2D eigenvalue weighted by Crippen LogP contribution is 2.80. The van der Waals surface area contributed by atoms with Crippen molar-refractivity contribution in [1.82, 2.24) is 5.32 Å². The monoisotopic (exact) mass is 1000 g/mol. The molecule has 15 rings (SSSR count). The molecule has 1 aliphatic heterocycles. The van der Waals surface area contributed by atoms with Crippen LogP contribution in [0, 0.1) is 99.1 Å². The van der Waals surface area contributed by atoms with Crippen LogP contribution in [0.3, 0.4) is 0 Å². The first-order valence-corrected chi connectivity index (χ1v) is 29.7. The van der Waals surface area contributed by atoms with Gasteiger partial charge in [0.2, 0.25) is 0 Å². The number of aldehydes is 1. The average Bonchev–Trinajstić information content (AvgIpc) is 4.23. The minimum Gasteiger partial charge on any atom is -0.454 e. The molecule has 74 heavy (non-hydrogen) atoms. The van der Waals surface area contributed by atoms with Crippen molar-refractivity contribution in [3.05, 3.63) is 94.6 Å². The maximum Gasteiger partial charge on any atom is 0.331 e. The van der Waals surface area contributed by atoms with Crippen LogP contribution in [0.4, 0.5) is 0 Å². The Bertz CT molecular complexity index is 2700. The van der Waals surface area contributed by atoms with Crippen LogP contribution < -0.4 is 5.32 Å². The third kappa shape index (κ3) is 6.39. The smallest absolute Gasteiger partial charge is 0.331 e. The predicted octanol–water partition coefficient (Wildman–Crippen LogP) is 8.91. The average molecular weight is 1000 g/mol. The van der Waals surface area contributed by atoms with Crippen LogP contribution in [0.2, 0.25) is 0 Å². The fourth-order valence-corrected chi connectivity index (χ4v) is 22.7. The fourth-order valence-electron chi connectivity index (χ4n) is 22.7. The first-order chi connectivity index (χ1) is 35.9. The Hall–Kier alpha value is -3.62. The number of esters is 1. The second-order valence-electron chi connectivity index (χ2n) is 27.2. The molecule has 9 fully saturated rings. The fraction of sp³-hybridized carbons (Fsp3) is 0.692. The van der Waals surface area contributed by atoms with Crippen LogP contribution in [-0.4, -0.2) is 79.9 Å². The van der Waals surface area contributed by atoms with Gasteiger partial charge in [0, 0.05) is 52.7 Å². The maximum atomic E-state index is 15.4. The molecule has 0 saturated heterocycles. The lowest BCUT2D eigenvalue weighted by molar-refractivity contribution is -0.357. The van der Waals surface area contributed by atoms with Crippen molar-refractivity contribution in [3.63, 3.8) is 0 Å². The van der Waals surface area contributed by atoms with E-state index >= 15 is 4.79 Å². The van der Waals surface area contributed by atoms with Gasteiger partial charge in [0.15, 0.2) is 0 Å². The summed E-state index contributed by atoms with van der Waals surface area (Å²) in [6.45, 7) is -0.107. The molecule has 2 aromatic carbocycles. The van der Waals surface area contributed by atoms with E-state index in [-0.39, 0.29) is 60.5 Å². The Balaban J connectivity index is 0.927. The normalized spacial score (nSPS) is 49.6. The van der Waals surface area contributed by atoms with Gasteiger partial charge in [0.05, 0.1) is 29.3 Å². The molecule has 21 atom stereocenters. The predicted molar refractivity (Wildman–Crippen MR) is 281 cm³/mol. The highest BCUT2D eigenvalue weighted by Gasteiger charge is 2.85. The van der Waals surface area contributed by atoms with Gasteiger partial charge in [0.1, 0.15) is 18.0 Å². The van der Waals surface area contributed by atoms with Crippen molar-refractivity contribution in [3.8, 4) is 11.8 Å². The standard InChI is InChI=1S/C65H81NO8/c1-66-54-31-48-40(16-9-18-44(48)35-67)15-7-8-24-61-26-23-55-62(37-68)36-60(25-22-43-27-41(20-21-52(43)60)38-11-3-2-4-12-38)59(70)53-29-42-17-10-19-47(39-13-5-6-14-39)49(42)30-46(65(53,62)73)34-63(55,71)64(61,72)33-45-28-50(54)58-51(57(45)61)32-56(69)74-58/h2-4,9-12,16-18,32,37,39,41-43,45-47,49-50,52-55,57-59,66-67,70-73H,5-6,8,13-14,19-31,33-36H2,1H3. The number of ether oxygens (including phenoxy) is 1. The van der Waals surface area contributed by atoms with Gasteiger partial charge in [0.25, 0.3) is 0 Å². The third-order valence-electron chi connectivity index (χ3n) is 25.3. The number of nitrogens with one attached hydrogen (secondary N) is 1. The molecule has 21 unspecified atom stereocenters. The van der Waals surface area contributed by atoms with Crippen molar-refractivity contribution in [2.75, 3.05) is 7.05 Å². The van der Waals surface area contributed by atoms with E-state index in [1.807, 2.05) is 25.2 Å². The van der Waals surface area contributed by atoms with Crippen molar-refractivity contribution in [1.29, 1.82) is 0 Å². The van der Waals surface area contributed by atoms with Crippen molar-refractivity contribution < 1.29 is 39.9 Å². The summed E-state index contributed by atoms with van der Waals surface area (Å²) in [5.41, 5.74) is -2.89. The summed E-state index contributed by atoms with van der Waals surface area (Å²) in [7, 11) is 1.96. The second kappa shape index (κ2) is 17.4. The SMILES string of the molecule is CNC1Cc2c(cccc2CO)C#CCCC23CCC4C(O)(CC5CC6C(C=CCC6C6CCCC6)CC6C(O)C7(CCC8CC(c9ccccc9)CCC87)CC4(C=O)C56O)C2(O)CC2CC1C1OC(=O)C=C1C23. The molecule has 0 radical (unpaired) electrons. The Morgan fingerprint density at radius 3 is 2.47 bits per heavy atom. The summed E-state index contributed by atoms with van der Waals surface area (Å²) >= 11 is 0. The van der Waals surface area contributed by atoms with E-state index in [1.54, 1.807) is 6.08 Å². The summed E-state index contributed by atoms with van der Waals surface area (Å²) in [6.07, 6.45) is 22.4. The molecule has 2 aromatic rings. The van der Waals surface area contributed by atoms with E-state index in [0.29, 0.717) is 87.9 Å². The van der Waals surface area contributed by atoms with E-state index in [0.717, 1.165) is 67.1 Å². The number of hydrogen-bond donors (Lipinski definition) is 6.